The second-order valence-electron chi connectivity index (χ2n) is 4.00. The van der Waals surface area contributed by atoms with Crippen molar-refractivity contribution in [2.45, 2.75) is 0 Å². The van der Waals surface area contributed by atoms with E-state index in [2.05, 4.69) is 21.2 Å². The Bertz CT molecular complexity index is 641. The Morgan fingerprint density at radius 2 is 1.80 bits per heavy atom. The van der Waals surface area contributed by atoms with Crippen molar-refractivity contribution in [3.05, 3.63) is 64.1 Å². The summed E-state index contributed by atoms with van der Waals surface area (Å²) in [5.74, 6) is -0.785. The van der Waals surface area contributed by atoms with Crippen LogP contribution in [0.2, 0.25) is 0 Å². The Kier molecular flexibility index (Phi) is 4.53. The van der Waals surface area contributed by atoms with Crippen LogP contribution in [0.3, 0.4) is 0 Å². The highest BCUT2D eigenvalue weighted by Gasteiger charge is 2.15. The van der Waals surface area contributed by atoms with Crippen molar-refractivity contribution in [3.8, 4) is 0 Å². The largest absolute Gasteiger partial charge is 0.465 e. The third kappa shape index (κ3) is 3.24. The van der Waals surface area contributed by atoms with Gasteiger partial charge in [0.25, 0.3) is 5.91 Å². The van der Waals surface area contributed by atoms with Crippen molar-refractivity contribution in [3.63, 3.8) is 0 Å². The number of hydrogen-bond donors (Lipinski definition) is 1. The number of esters is 1. The molecule has 5 heteroatoms. The van der Waals surface area contributed by atoms with E-state index in [9.17, 15) is 9.59 Å². The Morgan fingerprint density at radius 1 is 1.10 bits per heavy atom. The molecule has 2 aromatic rings. The third-order valence-electron chi connectivity index (χ3n) is 2.67. The molecule has 1 amide bonds. The fraction of sp³-hybridized carbons (Fsp3) is 0.0667. The minimum Gasteiger partial charge on any atom is -0.465 e. The molecule has 1 N–H and O–H groups in total. The molecule has 0 fully saturated rings. The van der Waals surface area contributed by atoms with Gasteiger partial charge in [-0.25, -0.2) is 4.79 Å². The number of methoxy groups -OCH3 is 1. The van der Waals surface area contributed by atoms with Crippen molar-refractivity contribution in [1.82, 2.24) is 0 Å². The van der Waals surface area contributed by atoms with Crippen LogP contribution >= 0.6 is 15.9 Å². The molecule has 0 aromatic heterocycles. The summed E-state index contributed by atoms with van der Waals surface area (Å²) in [6.45, 7) is 0. The SMILES string of the molecule is COC(=O)c1cc(Br)ccc1NC(=O)c1ccccc1. The summed E-state index contributed by atoms with van der Waals surface area (Å²) in [5.41, 5.74) is 1.23. The van der Waals surface area contributed by atoms with Gasteiger partial charge >= 0.3 is 5.97 Å². The number of anilines is 1. The summed E-state index contributed by atoms with van der Waals surface area (Å²) in [6, 6.07) is 13.8. The Morgan fingerprint density at radius 3 is 2.45 bits per heavy atom. The maximum Gasteiger partial charge on any atom is 0.340 e. The number of carbonyl (C=O) groups is 2. The van der Waals surface area contributed by atoms with Crippen LogP contribution in [0.4, 0.5) is 5.69 Å². The second kappa shape index (κ2) is 6.34. The molecule has 0 aliphatic heterocycles. The third-order valence-corrected chi connectivity index (χ3v) is 3.16. The molecule has 0 radical (unpaired) electrons. The highest BCUT2D eigenvalue weighted by atomic mass is 79.9. The van der Waals surface area contributed by atoms with E-state index >= 15 is 0 Å². The first-order chi connectivity index (χ1) is 9.61. The van der Waals surface area contributed by atoms with Gasteiger partial charge < -0.3 is 10.1 Å². The summed E-state index contributed by atoms with van der Waals surface area (Å²) >= 11 is 3.28. The predicted octanol–water partition coefficient (Wildman–Crippen LogP) is 3.49. The zero-order valence-corrected chi connectivity index (χ0v) is 12.3. The molecule has 102 valence electrons. The zero-order chi connectivity index (χ0) is 14.5. The maximum atomic E-state index is 12.1. The summed E-state index contributed by atoms with van der Waals surface area (Å²) < 4.78 is 5.44. The monoisotopic (exact) mass is 333 g/mol. The van der Waals surface area contributed by atoms with Crippen LogP contribution < -0.4 is 5.32 Å². The van der Waals surface area contributed by atoms with Crippen LogP contribution in [0.25, 0.3) is 0 Å². The zero-order valence-electron chi connectivity index (χ0n) is 10.7. The summed E-state index contributed by atoms with van der Waals surface area (Å²) in [5, 5.41) is 2.71. The molecule has 0 heterocycles. The van der Waals surface area contributed by atoms with Crippen molar-refractivity contribution in [1.29, 1.82) is 0 Å². The molecule has 2 aromatic carbocycles. The lowest BCUT2D eigenvalue weighted by Crippen LogP contribution is -2.15. The maximum absolute atomic E-state index is 12.1. The summed E-state index contributed by atoms with van der Waals surface area (Å²) in [7, 11) is 1.30. The summed E-state index contributed by atoms with van der Waals surface area (Å²) in [6.07, 6.45) is 0. The molecule has 0 atom stereocenters. The second-order valence-corrected chi connectivity index (χ2v) is 4.92. The first-order valence-corrected chi connectivity index (χ1v) is 6.65. The summed E-state index contributed by atoms with van der Waals surface area (Å²) in [4.78, 5) is 23.8. The van der Waals surface area contributed by atoms with Gasteiger partial charge in [-0.15, -0.1) is 0 Å². The molecule has 4 nitrogen and oxygen atoms in total. The first kappa shape index (κ1) is 14.3. The molecular formula is C15H12BrNO3. The topological polar surface area (TPSA) is 55.4 Å². The first-order valence-electron chi connectivity index (χ1n) is 5.86. The van der Waals surface area contributed by atoms with Gasteiger partial charge in [0.15, 0.2) is 0 Å². The van der Waals surface area contributed by atoms with Crippen molar-refractivity contribution < 1.29 is 14.3 Å². The Balaban J connectivity index is 2.30. The highest BCUT2D eigenvalue weighted by molar-refractivity contribution is 9.10. The van der Waals surface area contributed by atoms with Crippen LogP contribution in [0.5, 0.6) is 0 Å². The van der Waals surface area contributed by atoms with E-state index in [1.54, 1.807) is 42.5 Å². The quantitative estimate of drug-likeness (QED) is 0.875. The molecule has 0 saturated carbocycles. The van der Waals surface area contributed by atoms with E-state index < -0.39 is 5.97 Å². The van der Waals surface area contributed by atoms with Gasteiger partial charge in [0, 0.05) is 10.0 Å². The van der Waals surface area contributed by atoms with Crippen LogP contribution in [-0.4, -0.2) is 19.0 Å². The van der Waals surface area contributed by atoms with Crippen LogP contribution in [0.1, 0.15) is 20.7 Å². The molecule has 0 bridgehead atoms. The minimum atomic E-state index is -0.505. The average Bonchev–Trinajstić information content (AvgIpc) is 2.49. The van der Waals surface area contributed by atoms with E-state index in [1.807, 2.05) is 6.07 Å². The number of hydrogen-bond acceptors (Lipinski definition) is 3. The molecule has 0 spiro atoms. The smallest absolute Gasteiger partial charge is 0.340 e. The number of benzene rings is 2. The number of rotatable bonds is 3. The predicted molar refractivity (Wildman–Crippen MR) is 79.9 cm³/mol. The van der Waals surface area contributed by atoms with Gasteiger partial charge in [0.05, 0.1) is 18.4 Å². The number of nitrogens with one attached hydrogen (secondary N) is 1. The van der Waals surface area contributed by atoms with E-state index in [0.717, 1.165) is 4.47 Å². The van der Waals surface area contributed by atoms with E-state index in [1.165, 1.54) is 7.11 Å². The molecule has 0 saturated heterocycles. The number of ether oxygens (including phenoxy) is 1. The van der Waals surface area contributed by atoms with Gasteiger partial charge in [-0.2, -0.15) is 0 Å². The number of halogens is 1. The van der Waals surface area contributed by atoms with Gasteiger partial charge in [0.1, 0.15) is 0 Å². The Labute approximate surface area is 124 Å². The molecule has 2 rings (SSSR count). The molecule has 0 aliphatic rings. The molecular weight excluding hydrogens is 322 g/mol. The molecule has 0 unspecified atom stereocenters. The number of carbonyl (C=O) groups excluding carboxylic acids is 2. The van der Waals surface area contributed by atoms with Crippen molar-refractivity contribution >= 4 is 33.5 Å². The van der Waals surface area contributed by atoms with Crippen molar-refractivity contribution in [2.75, 3.05) is 12.4 Å². The lowest BCUT2D eigenvalue weighted by molar-refractivity contribution is 0.0602. The van der Waals surface area contributed by atoms with E-state index in [-0.39, 0.29) is 5.91 Å². The average molecular weight is 334 g/mol. The van der Waals surface area contributed by atoms with Gasteiger partial charge in [-0.05, 0) is 30.3 Å². The standard InChI is InChI=1S/C15H12BrNO3/c1-20-15(19)12-9-11(16)7-8-13(12)17-14(18)10-5-3-2-4-6-10/h2-9H,1H3,(H,17,18). The van der Waals surface area contributed by atoms with Crippen molar-refractivity contribution in [2.24, 2.45) is 0 Å². The fourth-order valence-electron chi connectivity index (χ4n) is 1.69. The number of amides is 1. The fourth-order valence-corrected chi connectivity index (χ4v) is 2.05. The van der Waals surface area contributed by atoms with Crippen LogP contribution in [-0.2, 0) is 4.74 Å². The highest BCUT2D eigenvalue weighted by Crippen LogP contribution is 2.22. The van der Waals surface area contributed by atoms with Crippen LogP contribution in [0, 0.1) is 0 Å². The molecule has 0 aliphatic carbocycles. The van der Waals surface area contributed by atoms with Gasteiger partial charge in [-0.1, -0.05) is 34.1 Å². The lowest BCUT2D eigenvalue weighted by atomic mass is 10.1. The minimum absolute atomic E-state index is 0.280. The molecule has 20 heavy (non-hydrogen) atoms. The van der Waals surface area contributed by atoms with Gasteiger partial charge in [-0.3, -0.25) is 4.79 Å². The van der Waals surface area contributed by atoms with Gasteiger partial charge in [0.2, 0.25) is 0 Å². The van der Waals surface area contributed by atoms with E-state index in [0.29, 0.717) is 16.8 Å². The normalized spacial score (nSPS) is 9.90. The Hall–Kier alpha value is -2.14. The van der Waals surface area contributed by atoms with E-state index in [4.69, 9.17) is 4.74 Å². The van der Waals surface area contributed by atoms with Crippen LogP contribution in [0.15, 0.2) is 53.0 Å². The lowest BCUT2D eigenvalue weighted by Gasteiger charge is -2.10.